The van der Waals surface area contributed by atoms with E-state index in [9.17, 15) is 22.4 Å². The highest BCUT2D eigenvalue weighted by molar-refractivity contribution is 5.90. The fraction of sp³-hybridized carbons (Fsp3) is 0.222. The maximum absolute atomic E-state index is 13.7. The van der Waals surface area contributed by atoms with Crippen molar-refractivity contribution in [1.29, 1.82) is 5.26 Å². The Labute approximate surface area is 164 Å². The quantitative estimate of drug-likeness (QED) is 0.605. The van der Waals surface area contributed by atoms with E-state index in [1.807, 2.05) is 0 Å². The average molecular weight is 411 g/mol. The van der Waals surface area contributed by atoms with Gasteiger partial charge in [-0.2, -0.15) is 18.4 Å². The Morgan fingerprint density at radius 3 is 2.52 bits per heavy atom. The van der Waals surface area contributed by atoms with Gasteiger partial charge in [-0.3, -0.25) is 0 Å². The van der Waals surface area contributed by atoms with Crippen LogP contribution in [0, 0.1) is 31.0 Å². The molecule has 154 valence electrons. The standard InChI is InChI=1S/C18H13F4N5O2.2H2/c1-8-13-4-11(19)3-10(5-23)15(13)29-14(8)16(18(20,21)22)27-17(28)26-12-6-24-9(2)25-7-12;;/h3-4,6-7,16H,1-2H3,(H2,26,27,28);2*1H. The highest BCUT2D eigenvalue weighted by atomic mass is 19.4. The number of alkyl halides is 3. The highest BCUT2D eigenvalue weighted by Gasteiger charge is 2.45. The van der Waals surface area contributed by atoms with Gasteiger partial charge in [-0.05, 0) is 26.0 Å². The number of carbonyl (C=O) groups excluding carboxylic acids is 1. The number of aromatic nitrogens is 2. The minimum atomic E-state index is -4.93. The summed E-state index contributed by atoms with van der Waals surface area (Å²) >= 11 is 0. The first kappa shape index (κ1) is 20.1. The van der Waals surface area contributed by atoms with Crippen LogP contribution in [0.3, 0.4) is 0 Å². The number of nitriles is 1. The zero-order valence-electron chi connectivity index (χ0n) is 15.1. The summed E-state index contributed by atoms with van der Waals surface area (Å²) in [5.74, 6) is -1.02. The number of nitrogens with one attached hydrogen (secondary N) is 2. The van der Waals surface area contributed by atoms with Crippen LogP contribution in [-0.2, 0) is 0 Å². The van der Waals surface area contributed by atoms with E-state index < -0.39 is 29.8 Å². The van der Waals surface area contributed by atoms with Gasteiger partial charge >= 0.3 is 12.2 Å². The number of carbonyl (C=O) groups is 1. The average Bonchev–Trinajstić information content (AvgIpc) is 2.96. The lowest BCUT2D eigenvalue weighted by Crippen LogP contribution is -2.40. The number of hydrogen-bond donors (Lipinski definition) is 2. The van der Waals surface area contributed by atoms with E-state index in [4.69, 9.17) is 9.68 Å². The fourth-order valence-electron chi connectivity index (χ4n) is 2.71. The summed E-state index contributed by atoms with van der Waals surface area (Å²) in [5, 5.41) is 13.1. The minimum absolute atomic E-state index is 0. The Morgan fingerprint density at radius 1 is 1.28 bits per heavy atom. The monoisotopic (exact) mass is 411 g/mol. The van der Waals surface area contributed by atoms with Gasteiger partial charge in [0.05, 0.1) is 23.6 Å². The molecule has 0 aliphatic heterocycles. The van der Waals surface area contributed by atoms with E-state index in [-0.39, 0.29) is 30.6 Å². The van der Waals surface area contributed by atoms with Crippen molar-refractivity contribution in [2.75, 3.05) is 5.32 Å². The molecule has 1 aromatic carbocycles. The normalized spacial score (nSPS) is 12.4. The first-order valence-electron chi connectivity index (χ1n) is 8.15. The summed E-state index contributed by atoms with van der Waals surface area (Å²) in [6.07, 6.45) is -2.46. The van der Waals surface area contributed by atoms with Crippen LogP contribution in [-0.4, -0.2) is 22.2 Å². The molecular formula is C18H17F4N5O2. The molecule has 0 fully saturated rings. The molecule has 0 radical (unpaired) electrons. The smallest absolute Gasteiger partial charge is 0.416 e. The van der Waals surface area contributed by atoms with Crippen molar-refractivity contribution in [1.82, 2.24) is 15.3 Å². The van der Waals surface area contributed by atoms with Crippen LogP contribution in [0.1, 0.15) is 31.6 Å². The molecule has 11 heteroatoms. The Balaban J connectivity index is 0.00000240. The van der Waals surface area contributed by atoms with Crippen LogP contribution >= 0.6 is 0 Å². The van der Waals surface area contributed by atoms with Gasteiger partial charge in [-0.15, -0.1) is 0 Å². The number of aryl methyl sites for hydroxylation is 2. The Kier molecular flexibility index (Phi) is 5.11. The largest absolute Gasteiger partial charge is 0.457 e. The lowest BCUT2D eigenvalue weighted by Gasteiger charge is -2.20. The number of rotatable bonds is 3. The van der Waals surface area contributed by atoms with Crippen LogP contribution in [0.15, 0.2) is 28.9 Å². The van der Waals surface area contributed by atoms with Crippen LogP contribution in [0.4, 0.5) is 28.0 Å². The molecule has 3 aromatic rings. The molecule has 3 rings (SSSR count). The van der Waals surface area contributed by atoms with E-state index in [0.717, 1.165) is 12.1 Å². The van der Waals surface area contributed by atoms with Gasteiger partial charge in [0.25, 0.3) is 0 Å². The molecule has 2 aromatic heterocycles. The van der Waals surface area contributed by atoms with Gasteiger partial charge in [-0.25, -0.2) is 19.2 Å². The van der Waals surface area contributed by atoms with Crippen LogP contribution < -0.4 is 10.6 Å². The summed E-state index contributed by atoms with van der Waals surface area (Å²) in [7, 11) is 0. The first-order chi connectivity index (χ1) is 13.6. The second kappa shape index (κ2) is 7.38. The number of halogens is 4. The van der Waals surface area contributed by atoms with E-state index in [2.05, 4.69) is 15.3 Å². The van der Waals surface area contributed by atoms with E-state index in [0.29, 0.717) is 5.82 Å². The highest BCUT2D eigenvalue weighted by Crippen LogP contribution is 2.39. The number of hydrogen-bond acceptors (Lipinski definition) is 5. The zero-order chi connectivity index (χ0) is 21.3. The summed E-state index contributed by atoms with van der Waals surface area (Å²) in [6, 6.07) is -0.204. The van der Waals surface area contributed by atoms with Crippen molar-refractivity contribution in [2.24, 2.45) is 0 Å². The van der Waals surface area contributed by atoms with Crippen molar-refractivity contribution >= 4 is 22.7 Å². The predicted octanol–water partition coefficient (Wildman–Crippen LogP) is 4.77. The van der Waals surface area contributed by atoms with Gasteiger partial charge in [0, 0.05) is 13.8 Å². The molecule has 0 spiro atoms. The van der Waals surface area contributed by atoms with E-state index >= 15 is 0 Å². The molecule has 0 saturated heterocycles. The van der Waals surface area contributed by atoms with Crippen molar-refractivity contribution in [3.8, 4) is 6.07 Å². The number of anilines is 1. The maximum Gasteiger partial charge on any atom is 0.416 e. The molecule has 2 amide bonds. The van der Waals surface area contributed by atoms with Crippen molar-refractivity contribution in [3.63, 3.8) is 0 Å². The molecule has 1 atom stereocenters. The number of benzene rings is 1. The second-order valence-electron chi connectivity index (χ2n) is 6.13. The van der Waals surface area contributed by atoms with Gasteiger partial charge < -0.3 is 15.1 Å². The molecule has 0 aliphatic rings. The summed E-state index contributed by atoms with van der Waals surface area (Å²) in [5.41, 5.74) is -0.400. The molecule has 0 bridgehead atoms. The molecule has 0 aliphatic carbocycles. The van der Waals surface area contributed by atoms with Crippen LogP contribution in [0.2, 0.25) is 0 Å². The minimum Gasteiger partial charge on any atom is -0.457 e. The molecule has 29 heavy (non-hydrogen) atoms. The molecule has 2 heterocycles. The first-order valence-corrected chi connectivity index (χ1v) is 8.15. The molecule has 2 N–H and O–H groups in total. The third-order valence-electron chi connectivity index (χ3n) is 4.06. The second-order valence-corrected chi connectivity index (χ2v) is 6.13. The van der Waals surface area contributed by atoms with Crippen molar-refractivity contribution in [3.05, 3.63) is 53.1 Å². The number of nitrogens with zero attached hydrogens (tertiary/aromatic N) is 3. The molecular weight excluding hydrogens is 394 g/mol. The Morgan fingerprint density at radius 2 is 1.93 bits per heavy atom. The van der Waals surface area contributed by atoms with Crippen molar-refractivity contribution < 1.29 is 29.6 Å². The van der Waals surface area contributed by atoms with Gasteiger partial charge in [0.15, 0.2) is 11.6 Å². The SMILES string of the molecule is Cc1ncc(NC(=O)NC(c2oc3c(C#N)cc(F)cc3c2C)C(F)(F)F)cn1.[HH].[HH]. The third kappa shape index (κ3) is 4.11. The van der Waals surface area contributed by atoms with Gasteiger partial charge in [0.1, 0.15) is 23.5 Å². The number of fused-ring (bicyclic) bond motifs is 1. The zero-order valence-corrected chi connectivity index (χ0v) is 15.1. The van der Waals surface area contributed by atoms with E-state index in [1.165, 1.54) is 19.3 Å². The Bertz CT molecular complexity index is 1130. The summed E-state index contributed by atoms with van der Waals surface area (Å²) in [6.45, 7) is 2.89. The topological polar surface area (TPSA) is 104 Å². The Hall–Kier alpha value is -3.68. The lowest BCUT2D eigenvalue weighted by molar-refractivity contribution is -0.158. The van der Waals surface area contributed by atoms with E-state index in [1.54, 1.807) is 18.3 Å². The molecule has 0 saturated carbocycles. The number of urea groups is 1. The number of furan rings is 1. The van der Waals surface area contributed by atoms with Crippen LogP contribution in [0.25, 0.3) is 11.0 Å². The molecule has 7 nitrogen and oxygen atoms in total. The summed E-state index contributed by atoms with van der Waals surface area (Å²) in [4.78, 5) is 19.8. The van der Waals surface area contributed by atoms with Gasteiger partial charge in [-0.1, -0.05) is 0 Å². The van der Waals surface area contributed by atoms with Gasteiger partial charge in [0.2, 0.25) is 0 Å². The summed E-state index contributed by atoms with van der Waals surface area (Å²) < 4.78 is 59.9. The van der Waals surface area contributed by atoms with Crippen molar-refractivity contribution in [2.45, 2.75) is 26.1 Å². The lowest BCUT2D eigenvalue weighted by atomic mass is 10.1. The van der Waals surface area contributed by atoms with Crippen LogP contribution in [0.5, 0.6) is 0 Å². The maximum atomic E-state index is 13.7. The number of amides is 2. The fourth-order valence-corrected chi connectivity index (χ4v) is 2.71. The molecule has 1 unspecified atom stereocenters. The third-order valence-corrected chi connectivity index (χ3v) is 4.06. The predicted molar refractivity (Wildman–Crippen MR) is 97.6 cm³/mol.